The normalized spacial score (nSPS) is 18.7. The summed E-state index contributed by atoms with van der Waals surface area (Å²) in [5, 5.41) is 21.2. The highest BCUT2D eigenvalue weighted by Gasteiger charge is 2.48. The summed E-state index contributed by atoms with van der Waals surface area (Å²) >= 11 is 13.0. The maximum Gasteiger partial charge on any atom is 0.290 e. The van der Waals surface area contributed by atoms with Crippen LogP contribution in [0.15, 0.2) is 60.7 Å². The minimum Gasteiger partial charge on any atom is -0.489 e. The van der Waals surface area contributed by atoms with Gasteiger partial charge < -0.3 is 20.3 Å². The Morgan fingerprint density at radius 3 is 2.49 bits per heavy atom. The van der Waals surface area contributed by atoms with Crippen LogP contribution in [0.1, 0.15) is 60.8 Å². The molecule has 2 aliphatic carbocycles. The fourth-order valence-electron chi connectivity index (χ4n) is 6.06. The zero-order valence-electron chi connectivity index (χ0n) is 24.9. The van der Waals surface area contributed by atoms with E-state index in [0.717, 1.165) is 84.5 Å². The Morgan fingerprint density at radius 1 is 1.07 bits per heavy atom. The number of rotatable bonds is 9. The molecule has 0 spiro atoms. The van der Waals surface area contributed by atoms with E-state index in [4.69, 9.17) is 37.8 Å². The molecular formula is C35H37Cl2FN2O5. The van der Waals surface area contributed by atoms with Crippen molar-refractivity contribution in [3.63, 3.8) is 0 Å². The Hall–Kier alpha value is -3.43. The van der Waals surface area contributed by atoms with Crippen molar-refractivity contribution in [2.24, 2.45) is 0 Å². The van der Waals surface area contributed by atoms with Crippen molar-refractivity contribution in [2.45, 2.75) is 56.7 Å². The predicted molar refractivity (Wildman–Crippen MR) is 176 cm³/mol. The molecule has 6 rings (SSSR count). The van der Waals surface area contributed by atoms with Gasteiger partial charge in [-0.2, -0.15) is 0 Å². The van der Waals surface area contributed by atoms with Crippen molar-refractivity contribution in [1.29, 1.82) is 0 Å². The second kappa shape index (κ2) is 14.8. The van der Waals surface area contributed by atoms with Gasteiger partial charge in [0.15, 0.2) is 0 Å². The van der Waals surface area contributed by atoms with Crippen LogP contribution in [0, 0.1) is 0 Å². The first-order valence-electron chi connectivity index (χ1n) is 15.2. The molecule has 3 aliphatic rings. The number of ether oxygens (including phenoxy) is 1. The molecule has 45 heavy (non-hydrogen) atoms. The van der Waals surface area contributed by atoms with E-state index in [0.29, 0.717) is 35.0 Å². The Labute approximate surface area is 272 Å². The molecule has 0 aromatic heterocycles. The molecule has 1 atom stereocenters. The van der Waals surface area contributed by atoms with Crippen LogP contribution in [0.3, 0.4) is 0 Å². The van der Waals surface area contributed by atoms with E-state index in [1.54, 1.807) is 6.07 Å². The second-order valence-electron chi connectivity index (χ2n) is 11.7. The number of amides is 1. The number of carbonyl (C=O) groups is 2. The lowest BCUT2D eigenvalue weighted by molar-refractivity contribution is -0.126. The highest BCUT2D eigenvalue weighted by molar-refractivity contribution is 6.36. The number of aliphatic hydroxyl groups is 1. The number of nitrogens with one attached hydrogen (secondary N) is 1. The van der Waals surface area contributed by atoms with Gasteiger partial charge in [-0.3, -0.25) is 18.9 Å². The average Bonchev–Trinajstić information content (AvgIpc) is 3.68. The number of hydrogen-bond acceptors (Lipinski definition) is 5. The van der Waals surface area contributed by atoms with Gasteiger partial charge in [-0.05, 0) is 115 Å². The highest BCUT2D eigenvalue weighted by Crippen LogP contribution is 2.43. The number of aryl methyl sites for hydroxylation is 1. The zero-order chi connectivity index (χ0) is 32.0. The summed E-state index contributed by atoms with van der Waals surface area (Å²) in [5.74, 6) is 0.469. The smallest absolute Gasteiger partial charge is 0.290 e. The first kappa shape index (κ1) is 32.9. The molecular weight excluding hydrogens is 618 g/mol. The molecule has 1 unspecified atom stereocenters. The lowest BCUT2D eigenvalue weighted by atomic mass is 9.87. The first-order valence-corrected chi connectivity index (χ1v) is 16.0. The van der Waals surface area contributed by atoms with Gasteiger partial charge in [0.1, 0.15) is 17.5 Å². The lowest BCUT2D eigenvalue weighted by Crippen LogP contribution is -2.29. The Morgan fingerprint density at radius 2 is 1.80 bits per heavy atom. The van der Waals surface area contributed by atoms with Crippen LogP contribution in [-0.4, -0.2) is 65.5 Å². The van der Waals surface area contributed by atoms with Crippen LogP contribution in [0.2, 0.25) is 10.0 Å². The summed E-state index contributed by atoms with van der Waals surface area (Å²) < 4.78 is 18.9. The molecule has 1 saturated carbocycles. The topological polar surface area (TPSA) is 99.1 Å². The molecule has 0 bridgehead atoms. The van der Waals surface area contributed by atoms with E-state index in [9.17, 15) is 14.3 Å². The molecule has 1 amide bonds. The van der Waals surface area contributed by atoms with Crippen LogP contribution in [-0.2, 0) is 16.0 Å². The third kappa shape index (κ3) is 8.05. The molecule has 3 aromatic carbocycles. The van der Waals surface area contributed by atoms with E-state index in [1.165, 1.54) is 0 Å². The number of nitrogens with zero attached hydrogens (tertiary/aromatic N) is 1. The quantitative estimate of drug-likeness (QED) is 0.210. The fourth-order valence-corrected chi connectivity index (χ4v) is 6.59. The summed E-state index contributed by atoms with van der Waals surface area (Å²) in [6, 6.07) is 19.9. The fraction of sp³-hybridized carbons (Fsp3) is 0.371. The Kier molecular flexibility index (Phi) is 10.8. The Bertz CT molecular complexity index is 1560. The number of carbonyl (C=O) groups excluding carboxylic acids is 1. The number of hydrogen-bond donors (Lipinski definition) is 3. The lowest BCUT2D eigenvalue weighted by Gasteiger charge is -2.19. The van der Waals surface area contributed by atoms with Crippen LogP contribution in [0.4, 0.5) is 10.1 Å². The van der Waals surface area contributed by atoms with Crippen molar-refractivity contribution in [3.8, 4) is 5.75 Å². The van der Waals surface area contributed by atoms with Crippen LogP contribution >= 0.6 is 23.2 Å². The predicted octanol–water partition coefficient (Wildman–Crippen LogP) is 7.27. The number of halogens is 3. The zero-order valence-corrected chi connectivity index (χ0v) is 26.4. The maximum absolute atomic E-state index is 12.6. The van der Waals surface area contributed by atoms with Crippen molar-refractivity contribution in [2.75, 3.05) is 31.6 Å². The summed E-state index contributed by atoms with van der Waals surface area (Å²) in [4.78, 5) is 23.1. The molecule has 10 heteroatoms. The summed E-state index contributed by atoms with van der Waals surface area (Å²) in [5.41, 5.74) is 5.92. The number of fused-ring (bicyclic) bond motifs is 1. The second-order valence-corrected chi connectivity index (χ2v) is 12.5. The van der Waals surface area contributed by atoms with Gasteiger partial charge in [-0.15, -0.1) is 0 Å². The summed E-state index contributed by atoms with van der Waals surface area (Å²) in [6.45, 7) is 1.98. The van der Waals surface area contributed by atoms with Crippen molar-refractivity contribution in [1.82, 2.24) is 4.90 Å². The SMILES string of the molecule is O=C(Nc1ccc2c(c1)CCCC(c1ccc(Cl)cc1Cl)=C2c1ccc(OC2CCN(CCCF)C2)cc1)C1(O)CC1.O=CO. The largest absolute Gasteiger partial charge is 0.489 e. The van der Waals surface area contributed by atoms with Crippen LogP contribution < -0.4 is 10.1 Å². The van der Waals surface area contributed by atoms with Gasteiger partial charge in [0, 0.05) is 35.4 Å². The summed E-state index contributed by atoms with van der Waals surface area (Å²) in [6.07, 6.45) is 5.16. The molecule has 238 valence electrons. The van der Waals surface area contributed by atoms with E-state index < -0.39 is 5.60 Å². The molecule has 2 fully saturated rings. The number of allylic oxidation sites excluding steroid dienone is 1. The monoisotopic (exact) mass is 654 g/mol. The van der Waals surface area contributed by atoms with E-state index in [1.807, 2.05) is 36.4 Å². The molecule has 7 nitrogen and oxygen atoms in total. The van der Waals surface area contributed by atoms with Gasteiger partial charge in [-0.25, -0.2) is 0 Å². The number of alkyl halides is 1. The maximum atomic E-state index is 12.6. The van der Waals surface area contributed by atoms with E-state index in [2.05, 4.69) is 28.4 Å². The minimum absolute atomic E-state index is 0.0963. The Balaban J connectivity index is 0.00000128. The average molecular weight is 656 g/mol. The minimum atomic E-state index is -1.23. The third-order valence-electron chi connectivity index (χ3n) is 8.49. The molecule has 1 aliphatic heterocycles. The van der Waals surface area contributed by atoms with Crippen molar-refractivity contribution >= 4 is 52.4 Å². The van der Waals surface area contributed by atoms with Crippen LogP contribution in [0.25, 0.3) is 11.1 Å². The van der Waals surface area contributed by atoms with E-state index >= 15 is 0 Å². The molecule has 3 aromatic rings. The molecule has 3 N–H and O–H groups in total. The van der Waals surface area contributed by atoms with Crippen LogP contribution in [0.5, 0.6) is 5.75 Å². The standard InChI is InChI=1S/C34H35Cl2FN2O3.CH2O2/c35-24-7-11-29(31(36)20-24)30-4-1-3-23-19-25(38-33(40)34(41)14-15-34)8-12-28(23)32(30)22-5-9-26(10-6-22)42-27-13-18-39(21-27)17-2-16-37;2-1-3/h5-12,19-20,27,41H,1-4,13-18,21H2,(H,38,40);1H,(H,2,3). The van der Waals surface area contributed by atoms with Gasteiger partial charge in [0.05, 0.1) is 6.67 Å². The number of benzene rings is 3. The van der Waals surface area contributed by atoms with Gasteiger partial charge >= 0.3 is 0 Å². The van der Waals surface area contributed by atoms with Crippen molar-refractivity contribution < 1.29 is 28.9 Å². The van der Waals surface area contributed by atoms with Crippen molar-refractivity contribution in [3.05, 3.63) is 93.0 Å². The highest BCUT2D eigenvalue weighted by atomic mass is 35.5. The molecule has 0 radical (unpaired) electrons. The van der Waals surface area contributed by atoms with Gasteiger partial charge in [0.25, 0.3) is 12.4 Å². The number of likely N-dealkylation sites (tertiary alicyclic amines) is 1. The van der Waals surface area contributed by atoms with E-state index in [-0.39, 0.29) is 25.2 Å². The third-order valence-corrected chi connectivity index (χ3v) is 9.04. The first-order chi connectivity index (χ1) is 21.7. The number of carboxylic acid groups (broad SMARTS) is 1. The summed E-state index contributed by atoms with van der Waals surface area (Å²) in [7, 11) is 0. The number of anilines is 1. The van der Waals surface area contributed by atoms with Gasteiger partial charge in [-0.1, -0.05) is 47.5 Å². The molecule has 1 heterocycles. The van der Waals surface area contributed by atoms with Gasteiger partial charge in [0.2, 0.25) is 0 Å². The molecule has 1 saturated heterocycles.